The number of hydrazine groups is 1. The van der Waals surface area contributed by atoms with Crippen molar-refractivity contribution in [3.63, 3.8) is 0 Å². The minimum absolute atomic E-state index is 0.0535. The molecule has 7 heteroatoms. The van der Waals surface area contributed by atoms with E-state index in [4.69, 9.17) is 10.00 Å². The smallest absolute Gasteiger partial charge is 0.326 e. The van der Waals surface area contributed by atoms with Gasteiger partial charge in [-0.25, -0.2) is 9.40 Å². The van der Waals surface area contributed by atoms with Crippen molar-refractivity contribution in [2.24, 2.45) is 0 Å². The van der Waals surface area contributed by atoms with Gasteiger partial charge in [0.15, 0.2) is 0 Å². The van der Waals surface area contributed by atoms with Gasteiger partial charge in [0.2, 0.25) is 0 Å². The van der Waals surface area contributed by atoms with Crippen LogP contribution in [0.25, 0.3) is 5.70 Å². The molecule has 6 nitrogen and oxygen atoms in total. The molecule has 1 heterocycles. The molecule has 0 saturated carbocycles. The number of rotatable bonds is 5. The van der Waals surface area contributed by atoms with E-state index in [1.165, 1.54) is 12.1 Å². The zero-order chi connectivity index (χ0) is 19.6. The van der Waals surface area contributed by atoms with E-state index >= 15 is 0 Å². The lowest BCUT2D eigenvalue weighted by Crippen LogP contribution is -2.42. The van der Waals surface area contributed by atoms with Gasteiger partial charge in [0.25, 0.3) is 0 Å². The molecule has 3 rings (SSSR count). The van der Waals surface area contributed by atoms with Gasteiger partial charge in [-0.05, 0) is 35.9 Å². The number of benzene rings is 2. The van der Waals surface area contributed by atoms with Gasteiger partial charge in [-0.15, -0.1) is 0 Å². The number of hydrogen-bond acceptors (Lipinski definition) is 5. The zero-order valence-corrected chi connectivity index (χ0v) is 14.9. The first-order valence-corrected chi connectivity index (χ1v) is 8.22. The van der Waals surface area contributed by atoms with E-state index in [2.05, 4.69) is 0 Å². The Morgan fingerprint density at radius 1 is 1.30 bits per heavy atom. The van der Waals surface area contributed by atoms with E-state index in [1.54, 1.807) is 42.4 Å². The fourth-order valence-electron chi connectivity index (χ4n) is 3.01. The number of aliphatic carboxylic acids is 1. The van der Waals surface area contributed by atoms with Crippen LogP contribution in [0, 0.1) is 17.1 Å². The molecule has 0 aromatic heterocycles. The molecule has 2 aromatic carbocycles. The molecule has 0 saturated heterocycles. The fourth-order valence-corrected chi connectivity index (χ4v) is 3.01. The highest BCUT2D eigenvalue weighted by atomic mass is 19.1. The van der Waals surface area contributed by atoms with Crippen LogP contribution in [0.15, 0.2) is 48.5 Å². The van der Waals surface area contributed by atoms with Crippen molar-refractivity contribution in [3.8, 4) is 11.8 Å². The second-order valence-electron chi connectivity index (χ2n) is 6.12. The predicted molar refractivity (Wildman–Crippen MR) is 96.8 cm³/mol. The van der Waals surface area contributed by atoms with Crippen molar-refractivity contribution in [2.75, 3.05) is 14.2 Å². The van der Waals surface area contributed by atoms with Crippen molar-refractivity contribution < 1.29 is 19.0 Å². The molecule has 138 valence electrons. The van der Waals surface area contributed by atoms with Crippen LogP contribution in [0.3, 0.4) is 0 Å². The number of carbonyl (C=O) groups is 1. The number of halogens is 1. The van der Waals surface area contributed by atoms with Crippen LogP contribution in [0.1, 0.15) is 16.7 Å². The Balaban J connectivity index is 1.96. The van der Waals surface area contributed by atoms with Gasteiger partial charge in [-0.1, -0.05) is 18.2 Å². The summed E-state index contributed by atoms with van der Waals surface area (Å²) in [6.07, 6.45) is 1.58. The van der Waals surface area contributed by atoms with Crippen LogP contribution in [-0.2, 0) is 11.3 Å². The maximum absolute atomic E-state index is 14.1. The van der Waals surface area contributed by atoms with Crippen LogP contribution in [-0.4, -0.2) is 41.3 Å². The van der Waals surface area contributed by atoms with E-state index in [-0.39, 0.29) is 5.56 Å². The second-order valence-corrected chi connectivity index (χ2v) is 6.12. The van der Waals surface area contributed by atoms with Crippen molar-refractivity contribution in [1.82, 2.24) is 10.0 Å². The summed E-state index contributed by atoms with van der Waals surface area (Å²) < 4.78 is 19.2. The van der Waals surface area contributed by atoms with E-state index in [0.29, 0.717) is 17.8 Å². The van der Waals surface area contributed by atoms with E-state index in [1.807, 2.05) is 24.3 Å². The van der Waals surface area contributed by atoms with Crippen LogP contribution in [0.5, 0.6) is 5.75 Å². The minimum Gasteiger partial charge on any atom is -0.497 e. The Bertz CT molecular complexity index is 934. The summed E-state index contributed by atoms with van der Waals surface area (Å²) in [6.45, 7) is 0.401. The largest absolute Gasteiger partial charge is 0.497 e. The lowest BCUT2D eigenvalue weighted by atomic mass is 10.1. The first-order chi connectivity index (χ1) is 12.9. The number of likely N-dealkylation sites (N-methyl/N-ethyl adjacent to an activating group) is 1. The molecule has 1 aliphatic heterocycles. The standard InChI is InChI=1S/C20H18FN3O3/c1-23-19(20(25)26)10-18(14-5-6-15(11-22)17(21)9-14)24(23)12-13-3-7-16(27-2)8-4-13/h3-10,19H,12H2,1-2H3,(H,25,26). The average Bonchev–Trinajstić information content (AvgIpc) is 2.99. The normalized spacial score (nSPS) is 16.7. The second kappa shape index (κ2) is 7.48. The Morgan fingerprint density at radius 3 is 2.56 bits per heavy atom. The summed E-state index contributed by atoms with van der Waals surface area (Å²) in [5.41, 5.74) is 1.97. The Labute approximate surface area is 156 Å². The molecule has 0 amide bonds. The quantitative estimate of drug-likeness (QED) is 0.876. The highest BCUT2D eigenvalue weighted by Gasteiger charge is 2.34. The summed E-state index contributed by atoms with van der Waals surface area (Å²) >= 11 is 0. The van der Waals surface area contributed by atoms with Crippen molar-refractivity contribution in [2.45, 2.75) is 12.6 Å². The fraction of sp³-hybridized carbons (Fsp3) is 0.200. The maximum Gasteiger partial charge on any atom is 0.326 e. The molecule has 1 N–H and O–H groups in total. The molecule has 2 aromatic rings. The Hall–Kier alpha value is -3.37. The highest BCUT2D eigenvalue weighted by molar-refractivity contribution is 5.81. The Morgan fingerprint density at radius 2 is 2.00 bits per heavy atom. The molecular weight excluding hydrogens is 349 g/mol. The van der Waals surface area contributed by atoms with E-state index in [0.717, 1.165) is 11.3 Å². The van der Waals surface area contributed by atoms with Crippen molar-refractivity contribution in [3.05, 3.63) is 71.0 Å². The minimum atomic E-state index is -0.999. The van der Waals surface area contributed by atoms with Crippen LogP contribution >= 0.6 is 0 Å². The molecule has 1 unspecified atom stereocenters. The monoisotopic (exact) mass is 367 g/mol. The van der Waals surface area contributed by atoms with E-state index in [9.17, 15) is 14.3 Å². The molecule has 0 radical (unpaired) electrons. The molecule has 0 fully saturated rings. The first kappa shape index (κ1) is 18.4. The van der Waals surface area contributed by atoms with Gasteiger partial charge in [-0.2, -0.15) is 5.26 Å². The predicted octanol–water partition coefficient (Wildman–Crippen LogP) is 2.86. The van der Waals surface area contributed by atoms with Gasteiger partial charge >= 0.3 is 5.97 Å². The third kappa shape index (κ3) is 3.61. The molecule has 0 bridgehead atoms. The molecule has 1 atom stereocenters. The summed E-state index contributed by atoms with van der Waals surface area (Å²) in [5, 5.41) is 21.8. The van der Waals surface area contributed by atoms with Crippen molar-refractivity contribution in [1.29, 1.82) is 5.26 Å². The SMILES string of the molecule is COc1ccc(CN2C(c3ccc(C#N)c(F)c3)=CC(C(=O)O)N2C)cc1. The number of carboxylic acid groups (broad SMARTS) is 1. The number of hydrogen-bond donors (Lipinski definition) is 1. The highest BCUT2D eigenvalue weighted by Crippen LogP contribution is 2.32. The lowest BCUT2D eigenvalue weighted by molar-refractivity contribution is -0.144. The summed E-state index contributed by atoms with van der Waals surface area (Å²) in [4.78, 5) is 11.6. The summed E-state index contributed by atoms with van der Waals surface area (Å²) in [5.74, 6) is -0.912. The molecular formula is C20H18FN3O3. The number of nitriles is 1. The summed E-state index contributed by atoms with van der Waals surface area (Å²) in [6, 6.07) is 12.6. The average molecular weight is 367 g/mol. The summed E-state index contributed by atoms with van der Waals surface area (Å²) in [7, 11) is 3.26. The number of methoxy groups -OCH3 is 1. The van der Waals surface area contributed by atoms with Crippen LogP contribution < -0.4 is 4.74 Å². The number of carboxylic acids is 1. The van der Waals surface area contributed by atoms with Gasteiger partial charge in [0.1, 0.15) is 23.7 Å². The first-order valence-electron chi connectivity index (χ1n) is 8.22. The van der Waals surface area contributed by atoms with Gasteiger partial charge < -0.3 is 14.9 Å². The van der Waals surface area contributed by atoms with Gasteiger partial charge in [-0.3, -0.25) is 4.79 Å². The maximum atomic E-state index is 14.1. The topological polar surface area (TPSA) is 76.8 Å². The molecule has 1 aliphatic rings. The van der Waals surface area contributed by atoms with Gasteiger partial charge in [0, 0.05) is 12.6 Å². The lowest BCUT2D eigenvalue weighted by Gasteiger charge is -2.31. The van der Waals surface area contributed by atoms with Crippen LogP contribution in [0.4, 0.5) is 4.39 Å². The zero-order valence-electron chi connectivity index (χ0n) is 14.9. The van der Waals surface area contributed by atoms with Gasteiger partial charge in [0.05, 0.1) is 24.9 Å². The third-order valence-corrected chi connectivity index (χ3v) is 4.51. The van der Waals surface area contributed by atoms with Crippen LogP contribution in [0.2, 0.25) is 0 Å². The number of nitrogens with zero attached hydrogens (tertiary/aromatic N) is 3. The Kier molecular flexibility index (Phi) is 5.10. The molecule has 0 aliphatic carbocycles. The van der Waals surface area contributed by atoms with E-state index < -0.39 is 17.8 Å². The third-order valence-electron chi connectivity index (χ3n) is 4.51. The van der Waals surface area contributed by atoms with Crippen molar-refractivity contribution >= 4 is 11.7 Å². The number of ether oxygens (including phenoxy) is 1. The molecule has 27 heavy (non-hydrogen) atoms. The molecule has 0 spiro atoms.